The highest BCUT2D eigenvalue weighted by Crippen LogP contribution is 2.16. The van der Waals surface area contributed by atoms with Crippen LogP contribution >= 0.6 is 0 Å². The number of nitriles is 1. The van der Waals surface area contributed by atoms with Crippen molar-refractivity contribution in [3.8, 4) is 6.07 Å². The van der Waals surface area contributed by atoms with Gasteiger partial charge in [0.15, 0.2) is 0 Å². The Morgan fingerprint density at radius 1 is 1.18 bits per heavy atom. The van der Waals surface area contributed by atoms with E-state index in [0.29, 0.717) is 24.3 Å². The summed E-state index contributed by atoms with van der Waals surface area (Å²) in [6.07, 6.45) is 0. The Kier molecular flexibility index (Phi) is 6.12. The molecule has 2 heterocycles. The number of aryl methyl sites for hydroxylation is 1. The van der Waals surface area contributed by atoms with E-state index < -0.39 is 5.56 Å². The molecule has 28 heavy (non-hydrogen) atoms. The fourth-order valence-electron chi connectivity index (χ4n) is 3.51. The molecule has 1 aromatic carbocycles. The van der Waals surface area contributed by atoms with Crippen molar-refractivity contribution in [1.29, 1.82) is 5.26 Å². The minimum atomic E-state index is -0.439. The summed E-state index contributed by atoms with van der Waals surface area (Å²) in [4.78, 5) is 29.5. The maximum absolute atomic E-state index is 12.8. The van der Waals surface area contributed by atoms with Gasteiger partial charge in [-0.1, -0.05) is 18.2 Å². The van der Waals surface area contributed by atoms with E-state index in [4.69, 9.17) is 4.74 Å². The number of carbonyl (C=O) groups is 1. The minimum absolute atomic E-state index is 0.0362. The normalized spacial score (nSPS) is 14.0. The molecule has 0 radical (unpaired) electrons. The first-order valence-corrected chi connectivity index (χ1v) is 9.25. The van der Waals surface area contributed by atoms with Gasteiger partial charge in [-0.05, 0) is 25.1 Å². The Bertz CT molecular complexity index is 939. The molecule has 0 atom stereocenters. The van der Waals surface area contributed by atoms with Gasteiger partial charge in [0.25, 0.3) is 5.56 Å². The molecule has 1 amide bonds. The zero-order valence-electron chi connectivity index (χ0n) is 16.2. The van der Waals surface area contributed by atoms with Crippen molar-refractivity contribution in [2.75, 3.05) is 38.2 Å². The molecule has 7 nitrogen and oxygen atoms in total. The molecule has 0 unspecified atom stereocenters. The highest BCUT2D eigenvalue weighted by atomic mass is 16.5. The van der Waals surface area contributed by atoms with E-state index in [0.717, 1.165) is 18.8 Å². The van der Waals surface area contributed by atoms with Crippen LogP contribution in [0.1, 0.15) is 16.8 Å². The summed E-state index contributed by atoms with van der Waals surface area (Å²) < 4.78 is 6.44. The Morgan fingerprint density at radius 3 is 2.46 bits per heavy atom. The van der Waals surface area contributed by atoms with Crippen molar-refractivity contribution >= 4 is 11.6 Å². The second-order valence-electron chi connectivity index (χ2n) is 6.83. The third-order valence-corrected chi connectivity index (χ3v) is 5.05. The highest BCUT2D eigenvalue weighted by Gasteiger charge is 2.23. The summed E-state index contributed by atoms with van der Waals surface area (Å²) in [6, 6.07) is 13.8. The number of benzene rings is 1. The summed E-state index contributed by atoms with van der Waals surface area (Å²) in [7, 11) is 1.51. The molecule has 7 heteroatoms. The number of aromatic nitrogens is 1. The molecule has 2 aromatic rings. The lowest BCUT2D eigenvalue weighted by molar-refractivity contribution is -0.132. The minimum Gasteiger partial charge on any atom is -0.380 e. The summed E-state index contributed by atoms with van der Waals surface area (Å²) in [5, 5.41) is 9.34. The third-order valence-electron chi connectivity index (χ3n) is 5.05. The van der Waals surface area contributed by atoms with Crippen molar-refractivity contribution in [2.24, 2.45) is 0 Å². The number of rotatable bonds is 5. The predicted octanol–water partition coefficient (Wildman–Crippen LogP) is 1.52. The van der Waals surface area contributed by atoms with Crippen molar-refractivity contribution in [2.45, 2.75) is 20.1 Å². The molecule has 1 aliphatic rings. The fourth-order valence-corrected chi connectivity index (χ4v) is 3.51. The number of hydrogen-bond donors (Lipinski definition) is 0. The monoisotopic (exact) mass is 380 g/mol. The van der Waals surface area contributed by atoms with Crippen LogP contribution in [0.4, 0.5) is 5.69 Å². The van der Waals surface area contributed by atoms with E-state index in [2.05, 4.69) is 17.0 Å². The Hall–Kier alpha value is -3.11. The van der Waals surface area contributed by atoms with Gasteiger partial charge >= 0.3 is 0 Å². The Balaban J connectivity index is 1.70. The maximum atomic E-state index is 12.8. The van der Waals surface area contributed by atoms with E-state index in [9.17, 15) is 14.9 Å². The molecule has 146 valence electrons. The quantitative estimate of drug-likeness (QED) is 0.786. The van der Waals surface area contributed by atoms with Crippen LogP contribution in [0.2, 0.25) is 0 Å². The van der Waals surface area contributed by atoms with E-state index in [1.54, 1.807) is 17.9 Å². The third kappa shape index (κ3) is 4.07. The highest BCUT2D eigenvalue weighted by molar-refractivity contribution is 5.76. The molecular formula is C21H24N4O3. The van der Waals surface area contributed by atoms with Gasteiger partial charge in [0.05, 0.1) is 6.61 Å². The van der Waals surface area contributed by atoms with Crippen LogP contribution < -0.4 is 10.5 Å². The smallest absolute Gasteiger partial charge is 0.269 e. The van der Waals surface area contributed by atoms with Gasteiger partial charge in [-0.15, -0.1) is 0 Å². The molecule has 1 fully saturated rings. The van der Waals surface area contributed by atoms with Crippen LogP contribution in [0, 0.1) is 18.3 Å². The largest absolute Gasteiger partial charge is 0.380 e. The number of amides is 1. The number of nitrogens with zero attached hydrogens (tertiary/aromatic N) is 4. The number of carbonyl (C=O) groups excluding carboxylic acids is 1. The number of anilines is 1. The van der Waals surface area contributed by atoms with Gasteiger partial charge in [0.1, 0.15) is 18.2 Å². The molecule has 3 rings (SSSR count). The molecule has 0 spiro atoms. The number of ether oxygens (including phenoxy) is 1. The average Bonchev–Trinajstić information content (AvgIpc) is 2.72. The lowest BCUT2D eigenvalue weighted by Gasteiger charge is -2.36. The van der Waals surface area contributed by atoms with Crippen LogP contribution in [0.15, 0.2) is 41.2 Å². The standard InChI is InChI=1S/C21H24N4O3/c1-16-12-17(15-28-2)19(13-22)21(27)25(16)14-20(26)24-10-8-23(9-11-24)18-6-4-3-5-7-18/h3-7,12H,8-11,14-15H2,1-2H3. The fraction of sp³-hybridized carbons (Fsp3) is 0.381. The average molecular weight is 380 g/mol. The number of piperazine rings is 1. The first kappa shape index (κ1) is 19.6. The summed E-state index contributed by atoms with van der Waals surface area (Å²) in [5.41, 5.74) is 1.94. The van der Waals surface area contributed by atoms with Crippen LogP contribution in [-0.2, 0) is 22.7 Å². The molecule has 1 aromatic heterocycles. The number of methoxy groups -OCH3 is 1. The van der Waals surface area contributed by atoms with Crippen molar-refractivity contribution < 1.29 is 9.53 Å². The van der Waals surface area contributed by atoms with Gasteiger partial charge in [-0.3, -0.25) is 9.59 Å². The zero-order chi connectivity index (χ0) is 20.1. The van der Waals surface area contributed by atoms with Crippen molar-refractivity contribution in [3.63, 3.8) is 0 Å². The van der Waals surface area contributed by atoms with E-state index in [1.807, 2.05) is 24.3 Å². The summed E-state index contributed by atoms with van der Waals surface area (Å²) in [5.74, 6) is -0.110. The van der Waals surface area contributed by atoms with Gasteiger partial charge in [-0.2, -0.15) is 5.26 Å². The first-order valence-electron chi connectivity index (χ1n) is 9.25. The topological polar surface area (TPSA) is 78.6 Å². The van der Waals surface area contributed by atoms with Crippen molar-refractivity contribution in [1.82, 2.24) is 9.47 Å². The van der Waals surface area contributed by atoms with Crippen LogP contribution in [0.25, 0.3) is 0 Å². The number of hydrogen-bond acceptors (Lipinski definition) is 5. The molecular weight excluding hydrogens is 356 g/mol. The second kappa shape index (κ2) is 8.72. The van der Waals surface area contributed by atoms with E-state index >= 15 is 0 Å². The Morgan fingerprint density at radius 2 is 1.86 bits per heavy atom. The van der Waals surface area contributed by atoms with Gasteiger partial charge in [0.2, 0.25) is 5.91 Å². The van der Waals surface area contributed by atoms with Crippen LogP contribution in [0.5, 0.6) is 0 Å². The number of para-hydroxylation sites is 1. The molecule has 1 aliphatic heterocycles. The van der Waals surface area contributed by atoms with Gasteiger partial charge < -0.3 is 19.1 Å². The second-order valence-corrected chi connectivity index (χ2v) is 6.83. The SMILES string of the molecule is COCc1cc(C)n(CC(=O)N2CCN(c3ccccc3)CC2)c(=O)c1C#N. The van der Waals surface area contributed by atoms with E-state index in [1.165, 1.54) is 11.7 Å². The number of pyridine rings is 1. The summed E-state index contributed by atoms with van der Waals surface area (Å²) in [6.45, 7) is 4.61. The maximum Gasteiger partial charge on any atom is 0.269 e. The molecule has 0 N–H and O–H groups in total. The molecule has 0 aliphatic carbocycles. The van der Waals surface area contributed by atoms with Gasteiger partial charge in [0, 0.05) is 50.2 Å². The molecule has 0 saturated carbocycles. The zero-order valence-corrected chi connectivity index (χ0v) is 16.2. The lowest BCUT2D eigenvalue weighted by Crippen LogP contribution is -2.50. The first-order chi connectivity index (χ1) is 13.5. The van der Waals surface area contributed by atoms with Gasteiger partial charge in [-0.25, -0.2) is 0 Å². The molecule has 1 saturated heterocycles. The van der Waals surface area contributed by atoms with Crippen LogP contribution in [0.3, 0.4) is 0 Å². The molecule has 0 bridgehead atoms. The van der Waals surface area contributed by atoms with E-state index in [-0.39, 0.29) is 24.6 Å². The summed E-state index contributed by atoms with van der Waals surface area (Å²) >= 11 is 0. The van der Waals surface area contributed by atoms with Crippen LogP contribution in [-0.4, -0.2) is 48.7 Å². The lowest BCUT2D eigenvalue weighted by atomic mass is 10.1. The van der Waals surface area contributed by atoms with Crippen molar-refractivity contribution in [3.05, 3.63) is 63.6 Å². The predicted molar refractivity (Wildman–Crippen MR) is 106 cm³/mol. The Labute approximate surface area is 164 Å².